The Labute approximate surface area is 122 Å². The van der Waals surface area contributed by atoms with Crippen LogP contribution in [0.4, 0.5) is 11.5 Å². The number of nitrogens with zero attached hydrogens (tertiary/aromatic N) is 5. The van der Waals surface area contributed by atoms with E-state index in [-0.39, 0.29) is 11.0 Å². The first-order valence-corrected chi connectivity index (χ1v) is 6.88. The van der Waals surface area contributed by atoms with Gasteiger partial charge in [-0.3, -0.25) is 10.1 Å². The Balaban J connectivity index is 2.38. The topological polar surface area (TPSA) is 75.4 Å². The summed E-state index contributed by atoms with van der Waals surface area (Å²) in [6.07, 6.45) is 2.05. The molecule has 1 aliphatic heterocycles. The quantitative estimate of drug-likeness (QED) is 0.482. The zero-order valence-electron chi connectivity index (χ0n) is 11.8. The van der Waals surface area contributed by atoms with Crippen LogP contribution in [0.1, 0.15) is 18.5 Å². The molecule has 20 heavy (non-hydrogen) atoms. The van der Waals surface area contributed by atoms with E-state index in [2.05, 4.69) is 14.9 Å². The molecule has 2 heterocycles. The lowest BCUT2D eigenvalue weighted by atomic mass is 10.0. The second-order valence-electron chi connectivity index (χ2n) is 5.21. The summed E-state index contributed by atoms with van der Waals surface area (Å²) in [6.45, 7) is 3.04. The van der Waals surface area contributed by atoms with Crippen LogP contribution < -0.4 is 4.90 Å². The Morgan fingerprint density at radius 1 is 1.45 bits per heavy atom. The van der Waals surface area contributed by atoms with Gasteiger partial charge in [0.2, 0.25) is 11.1 Å². The number of aryl methyl sites for hydroxylation is 1. The van der Waals surface area contributed by atoms with Crippen molar-refractivity contribution in [3.63, 3.8) is 0 Å². The van der Waals surface area contributed by atoms with E-state index in [0.29, 0.717) is 24.1 Å². The zero-order chi connectivity index (χ0) is 14.9. The number of halogens is 1. The van der Waals surface area contributed by atoms with E-state index in [1.165, 1.54) is 0 Å². The molecule has 8 heteroatoms. The monoisotopic (exact) mass is 299 g/mol. The lowest BCUT2D eigenvalue weighted by Crippen LogP contribution is -2.45. The fourth-order valence-corrected chi connectivity index (χ4v) is 2.73. The second kappa shape index (κ2) is 5.88. The van der Waals surface area contributed by atoms with Gasteiger partial charge in [-0.2, -0.15) is 4.98 Å². The van der Waals surface area contributed by atoms with Crippen LogP contribution in [-0.2, 0) is 0 Å². The van der Waals surface area contributed by atoms with Crippen molar-refractivity contribution in [3.05, 3.63) is 21.1 Å². The average Bonchev–Trinajstić information content (AvgIpc) is 2.37. The smallest absolute Gasteiger partial charge is 0.332 e. The van der Waals surface area contributed by atoms with Crippen LogP contribution >= 0.6 is 11.6 Å². The SMILES string of the molecule is Cc1nc(Cl)nc(N2CCCC(N(C)C)C2)c1[N+](=O)[O-]. The normalized spacial score (nSPS) is 19.4. The molecular formula is C12H18ClN5O2. The van der Waals surface area contributed by atoms with Crippen molar-refractivity contribution in [1.29, 1.82) is 0 Å². The van der Waals surface area contributed by atoms with E-state index < -0.39 is 4.92 Å². The maximum atomic E-state index is 11.3. The standard InChI is InChI=1S/C12H18ClN5O2/c1-8-10(18(19)20)11(15-12(13)14-8)17-6-4-5-9(7-17)16(2)3/h9H,4-7H2,1-3H3. The molecule has 0 spiro atoms. The summed E-state index contributed by atoms with van der Waals surface area (Å²) < 4.78 is 0. The molecule has 0 saturated carbocycles. The van der Waals surface area contributed by atoms with Gasteiger partial charge in [-0.15, -0.1) is 0 Å². The molecule has 1 aromatic heterocycles. The fourth-order valence-electron chi connectivity index (χ4n) is 2.52. The summed E-state index contributed by atoms with van der Waals surface area (Å²) in [4.78, 5) is 22.9. The van der Waals surface area contributed by atoms with Crippen LogP contribution in [0.15, 0.2) is 0 Å². The number of rotatable bonds is 3. The summed E-state index contributed by atoms with van der Waals surface area (Å²) in [5.41, 5.74) is 0.255. The molecule has 0 N–H and O–H groups in total. The summed E-state index contributed by atoms with van der Waals surface area (Å²) in [5, 5.41) is 11.3. The minimum atomic E-state index is -0.430. The Morgan fingerprint density at radius 2 is 2.15 bits per heavy atom. The molecule has 0 bridgehead atoms. The third-order valence-corrected chi connectivity index (χ3v) is 3.79. The molecule has 1 unspecified atom stereocenters. The highest BCUT2D eigenvalue weighted by molar-refractivity contribution is 6.28. The molecule has 1 fully saturated rings. The number of likely N-dealkylation sites (N-methyl/N-ethyl adjacent to an activating group) is 1. The molecule has 110 valence electrons. The van der Waals surface area contributed by atoms with E-state index in [4.69, 9.17) is 11.6 Å². The largest absolute Gasteiger partial charge is 0.349 e. The van der Waals surface area contributed by atoms with Crippen LogP contribution in [0.3, 0.4) is 0 Å². The lowest BCUT2D eigenvalue weighted by Gasteiger charge is -2.36. The molecule has 1 aliphatic rings. The van der Waals surface area contributed by atoms with E-state index in [1.807, 2.05) is 19.0 Å². The first-order valence-electron chi connectivity index (χ1n) is 6.50. The molecule has 0 aromatic carbocycles. The maximum absolute atomic E-state index is 11.3. The molecule has 2 rings (SSSR count). The van der Waals surface area contributed by atoms with Crippen molar-refractivity contribution in [2.75, 3.05) is 32.1 Å². The van der Waals surface area contributed by atoms with Crippen LogP contribution in [0.2, 0.25) is 5.28 Å². The van der Waals surface area contributed by atoms with Gasteiger partial charge >= 0.3 is 5.69 Å². The predicted octanol–water partition coefficient (Wildman–Crippen LogP) is 1.88. The first-order chi connectivity index (χ1) is 9.40. The highest BCUT2D eigenvalue weighted by Gasteiger charge is 2.30. The van der Waals surface area contributed by atoms with E-state index in [0.717, 1.165) is 19.4 Å². The molecule has 0 amide bonds. The maximum Gasteiger partial charge on any atom is 0.332 e. The molecular weight excluding hydrogens is 282 g/mol. The number of anilines is 1. The Morgan fingerprint density at radius 3 is 2.75 bits per heavy atom. The number of hydrogen-bond acceptors (Lipinski definition) is 6. The molecule has 1 saturated heterocycles. The minimum Gasteiger partial charge on any atom is -0.349 e. The van der Waals surface area contributed by atoms with Crippen LogP contribution in [-0.4, -0.2) is 53.0 Å². The van der Waals surface area contributed by atoms with Gasteiger partial charge in [-0.05, 0) is 45.5 Å². The number of nitro groups is 1. The molecule has 0 aliphatic carbocycles. The summed E-state index contributed by atoms with van der Waals surface area (Å²) >= 11 is 5.86. The highest BCUT2D eigenvalue weighted by Crippen LogP contribution is 2.31. The van der Waals surface area contributed by atoms with Crippen LogP contribution in [0.25, 0.3) is 0 Å². The van der Waals surface area contributed by atoms with Crippen LogP contribution in [0, 0.1) is 17.0 Å². The van der Waals surface area contributed by atoms with Gasteiger partial charge in [0.25, 0.3) is 0 Å². The Bertz CT molecular complexity index is 523. The van der Waals surface area contributed by atoms with E-state index in [9.17, 15) is 10.1 Å². The van der Waals surface area contributed by atoms with E-state index >= 15 is 0 Å². The second-order valence-corrected chi connectivity index (χ2v) is 5.55. The van der Waals surface area contributed by atoms with Crippen molar-refractivity contribution in [1.82, 2.24) is 14.9 Å². The number of hydrogen-bond donors (Lipinski definition) is 0. The van der Waals surface area contributed by atoms with Crippen LogP contribution in [0.5, 0.6) is 0 Å². The molecule has 1 aromatic rings. The minimum absolute atomic E-state index is 0.0474. The lowest BCUT2D eigenvalue weighted by molar-refractivity contribution is -0.385. The van der Waals surface area contributed by atoms with Gasteiger partial charge in [-0.25, -0.2) is 4.98 Å². The van der Waals surface area contributed by atoms with E-state index in [1.54, 1.807) is 6.92 Å². The van der Waals surface area contributed by atoms with Gasteiger partial charge in [0, 0.05) is 19.1 Å². The number of piperidine rings is 1. The van der Waals surface area contributed by atoms with Gasteiger partial charge in [0.15, 0.2) is 0 Å². The molecule has 1 atom stereocenters. The predicted molar refractivity (Wildman–Crippen MR) is 77.4 cm³/mol. The van der Waals surface area contributed by atoms with Gasteiger partial charge < -0.3 is 9.80 Å². The van der Waals surface area contributed by atoms with Crippen molar-refractivity contribution in [3.8, 4) is 0 Å². The van der Waals surface area contributed by atoms with Gasteiger partial charge in [0.05, 0.1) is 4.92 Å². The summed E-state index contributed by atoms with van der Waals surface area (Å²) in [7, 11) is 4.03. The van der Waals surface area contributed by atoms with Crippen molar-refractivity contribution in [2.45, 2.75) is 25.8 Å². The third kappa shape index (κ3) is 2.99. The highest BCUT2D eigenvalue weighted by atomic mass is 35.5. The van der Waals surface area contributed by atoms with Crippen molar-refractivity contribution in [2.24, 2.45) is 0 Å². The molecule has 7 nitrogen and oxygen atoms in total. The summed E-state index contributed by atoms with van der Waals surface area (Å²) in [6, 6.07) is 0.359. The van der Waals surface area contributed by atoms with Gasteiger partial charge in [-0.1, -0.05) is 0 Å². The number of aromatic nitrogens is 2. The zero-order valence-corrected chi connectivity index (χ0v) is 12.6. The Kier molecular flexibility index (Phi) is 4.39. The molecule has 0 radical (unpaired) electrons. The van der Waals surface area contributed by atoms with Crippen molar-refractivity contribution >= 4 is 23.1 Å². The van der Waals surface area contributed by atoms with Gasteiger partial charge in [0.1, 0.15) is 5.69 Å². The first kappa shape index (κ1) is 14.9. The average molecular weight is 300 g/mol. The van der Waals surface area contributed by atoms with Crippen molar-refractivity contribution < 1.29 is 4.92 Å². The summed E-state index contributed by atoms with van der Waals surface area (Å²) in [5.74, 6) is 0.332. The Hall–Kier alpha value is -1.47. The third-order valence-electron chi connectivity index (χ3n) is 3.62. The fraction of sp³-hybridized carbons (Fsp3) is 0.667.